The summed E-state index contributed by atoms with van der Waals surface area (Å²) >= 11 is 3.34. The van der Waals surface area contributed by atoms with Gasteiger partial charge in [-0.1, -0.05) is 6.08 Å². The van der Waals surface area contributed by atoms with Crippen molar-refractivity contribution in [2.24, 2.45) is 0 Å². The van der Waals surface area contributed by atoms with Crippen molar-refractivity contribution in [1.82, 2.24) is 5.32 Å². The fraction of sp³-hybridized carbons (Fsp3) is 0.333. The Morgan fingerprint density at radius 2 is 2.58 bits per heavy atom. The van der Waals surface area contributed by atoms with Crippen LogP contribution in [-0.2, 0) is 0 Å². The van der Waals surface area contributed by atoms with Gasteiger partial charge < -0.3 is 9.73 Å². The summed E-state index contributed by atoms with van der Waals surface area (Å²) in [5, 5.41) is 3.18. The predicted molar refractivity (Wildman–Crippen MR) is 53.0 cm³/mol. The molecule has 1 heterocycles. The van der Waals surface area contributed by atoms with Crippen LogP contribution in [0.1, 0.15) is 18.0 Å². The molecule has 2 nitrogen and oxygen atoms in total. The molecule has 1 aromatic rings. The van der Waals surface area contributed by atoms with E-state index in [1.54, 1.807) is 6.26 Å². The molecular formula is C9H12BrNO. The molecule has 0 amide bonds. The van der Waals surface area contributed by atoms with Gasteiger partial charge in [0, 0.05) is 11.6 Å². The Morgan fingerprint density at radius 3 is 3.00 bits per heavy atom. The molecule has 0 spiro atoms. The smallest absolute Gasteiger partial charge is 0.173 e. The zero-order valence-corrected chi connectivity index (χ0v) is 8.60. The maximum atomic E-state index is 5.14. The van der Waals surface area contributed by atoms with E-state index in [-0.39, 0.29) is 6.04 Å². The van der Waals surface area contributed by atoms with Crippen molar-refractivity contribution in [2.75, 3.05) is 7.05 Å². The first-order valence-electron chi connectivity index (χ1n) is 3.80. The molecule has 0 radical (unpaired) electrons. The molecule has 1 unspecified atom stereocenters. The maximum Gasteiger partial charge on any atom is 0.173 e. The lowest BCUT2D eigenvalue weighted by Crippen LogP contribution is -2.15. The minimum atomic E-state index is 0.288. The van der Waals surface area contributed by atoms with E-state index < -0.39 is 0 Å². The zero-order valence-electron chi connectivity index (χ0n) is 7.01. The van der Waals surface area contributed by atoms with Gasteiger partial charge >= 0.3 is 0 Å². The molecule has 0 fully saturated rings. The van der Waals surface area contributed by atoms with E-state index in [9.17, 15) is 0 Å². The highest BCUT2D eigenvalue weighted by molar-refractivity contribution is 9.10. The molecule has 0 aliphatic heterocycles. The van der Waals surface area contributed by atoms with E-state index in [0.29, 0.717) is 0 Å². The van der Waals surface area contributed by atoms with Crippen LogP contribution in [0.4, 0.5) is 0 Å². The van der Waals surface area contributed by atoms with Crippen LogP contribution in [0.3, 0.4) is 0 Å². The second-order valence-electron chi connectivity index (χ2n) is 2.52. The standard InChI is InChI=1S/C9H12BrNO/c1-3-4-8(11-2)7-5-6-12-9(7)10/h3,5-6,8,11H,1,4H2,2H3. The molecule has 12 heavy (non-hydrogen) atoms. The van der Waals surface area contributed by atoms with Gasteiger partial charge in [0.15, 0.2) is 4.67 Å². The Hall–Kier alpha value is -0.540. The molecule has 0 saturated carbocycles. The largest absolute Gasteiger partial charge is 0.457 e. The highest BCUT2D eigenvalue weighted by atomic mass is 79.9. The second kappa shape index (κ2) is 4.48. The number of halogens is 1. The summed E-state index contributed by atoms with van der Waals surface area (Å²) in [4.78, 5) is 0. The van der Waals surface area contributed by atoms with E-state index in [0.717, 1.165) is 16.7 Å². The van der Waals surface area contributed by atoms with Crippen LogP contribution in [0.5, 0.6) is 0 Å². The minimum absolute atomic E-state index is 0.288. The monoisotopic (exact) mass is 229 g/mol. The maximum absolute atomic E-state index is 5.14. The summed E-state index contributed by atoms with van der Waals surface area (Å²) < 4.78 is 5.93. The van der Waals surface area contributed by atoms with Gasteiger partial charge in [-0.25, -0.2) is 0 Å². The number of rotatable bonds is 4. The van der Waals surface area contributed by atoms with Crippen molar-refractivity contribution < 1.29 is 4.42 Å². The minimum Gasteiger partial charge on any atom is -0.457 e. The van der Waals surface area contributed by atoms with E-state index in [1.165, 1.54) is 0 Å². The second-order valence-corrected chi connectivity index (χ2v) is 3.24. The summed E-state index contributed by atoms with van der Waals surface area (Å²) in [5.74, 6) is 0. The SMILES string of the molecule is C=CCC(NC)c1ccoc1Br. The van der Waals surface area contributed by atoms with Crippen LogP contribution in [0, 0.1) is 0 Å². The van der Waals surface area contributed by atoms with Gasteiger partial charge in [-0.15, -0.1) is 6.58 Å². The summed E-state index contributed by atoms with van der Waals surface area (Å²) in [7, 11) is 1.92. The van der Waals surface area contributed by atoms with Gasteiger partial charge in [0.05, 0.1) is 6.26 Å². The third-order valence-electron chi connectivity index (χ3n) is 1.77. The molecule has 0 aliphatic rings. The third kappa shape index (κ3) is 1.99. The predicted octanol–water partition coefficient (Wildman–Crippen LogP) is 2.88. The van der Waals surface area contributed by atoms with Crippen molar-refractivity contribution in [3.8, 4) is 0 Å². The van der Waals surface area contributed by atoms with Crippen LogP contribution in [-0.4, -0.2) is 7.05 Å². The zero-order chi connectivity index (χ0) is 8.97. The van der Waals surface area contributed by atoms with E-state index >= 15 is 0 Å². The first-order chi connectivity index (χ1) is 5.79. The molecule has 66 valence electrons. The number of nitrogens with one attached hydrogen (secondary N) is 1. The lowest BCUT2D eigenvalue weighted by Gasteiger charge is -2.11. The average Bonchev–Trinajstić information content (AvgIpc) is 2.47. The lowest BCUT2D eigenvalue weighted by atomic mass is 10.1. The fourth-order valence-electron chi connectivity index (χ4n) is 1.12. The van der Waals surface area contributed by atoms with E-state index in [4.69, 9.17) is 4.42 Å². The fourth-order valence-corrected chi connectivity index (χ4v) is 1.64. The Bertz CT molecular complexity index is 257. The van der Waals surface area contributed by atoms with Crippen LogP contribution >= 0.6 is 15.9 Å². The molecule has 1 N–H and O–H groups in total. The quantitative estimate of drug-likeness (QED) is 0.804. The molecule has 0 bridgehead atoms. The van der Waals surface area contributed by atoms with Crippen LogP contribution < -0.4 is 5.32 Å². The highest BCUT2D eigenvalue weighted by Crippen LogP contribution is 2.26. The molecule has 3 heteroatoms. The van der Waals surface area contributed by atoms with Gasteiger partial charge in [0.1, 0.15) is 0 Å². The van der Waals surface area contributed by atoms with Crippen molar-refractivity contribution in [1.29, 1.82) is 0 Å². The Balaban J connectivity index is 2.78. The summed E-state index contributed by atoms with van der Waals surface area (Å²) in [6, 6.07) is 2.24. The van der Waals surface area contributed by atoms with Gasteiger partial charge in [0.25, 0.3) is 0 Å². The molecular weight excluding hydrogens is 218 g/mol. The van der Waals surface area contributed by atoms with Crippen LogP contribution in [0.15, 0.2) is 34.1 Å². The third-order valence-corrected chi connectivity index (χ3v) is 2.42. The first kappa shape index (κ1) is 9.55. The van der Waals surface area contributed by atoms with Crippen LogP contribution in [0.2, 0.25) is 0 Å². The summed E-state index contributed by atoms with van der Waals surface area (Å²) in [6.45, 7) is 3.70. The number of hydrogen-bond donors (Lipinski definition) is 1. The first-order valence-corrected chi connectivity index (χ1v) is 4.60. The van der Waals surface area contributed by atoms with E-state index in [2.05, 4.69) is 27.8 Å². The van der Waals surface area contributed by atoms with Gasteiger partial charge in [-0.05, 0) is 35.5 Å². The molecule has 1 atom stereocenters. The number of furan rings is 1. The molecule has 0 aromatic carbocycles. The molecule has 1 aromatic heterocycles. The van der Waals surface area contributed by atoms with Gasteiger partial charge in [0.2, 0.25) is 0 Å². The van der Waals surface area contributed by atoms with Crippen molar-refractivity contribution >= 4 is 15.9 Å². The Morgan fingerprint density at radius 1 is 1.83 bits per heavy atom. The Kier molecular flexibility index (Phi) is 3.56. The summed E-state index contributed by atoms with van der Waals surface area (Å²) in [6.07, 6.45) is 4.46. The average molecular weight is 230 g/mol. The lowest BCUT2D eigenvalue weighted by molar-refractivity contribution is 0.520. The molecule has 0 saturated heterocycles. The Labute approximate surface area is 80.8 Å². The van der Waals surface area contributed by atoms with Gasteiger partial charge in [-0.3, -0.25) is 0 Å². The van der Waals surface area contributed by atoms with Crippen molar-refractivity contribution in [3.05, 3.63) is 35.2 Å². The van der Waals surface area contributed by atoms with Crippen molar-refractivity contribution in [2.45, 2.75) is 12.5 Å². The topological polar surface area (TPSA) is 25.2 Å². The normalized spacial score (nSPS) is 12.8. The molecule has 0 aliphatic carbocycles. The summed E-state index contributed by atoms with van der Waals surface area (Å²) in [5.41, 5.74) is 1.14. The van der Waals surface area contributed by atoms with Crippen molar-refractivity contribution in [3.63, 3.8) is 0 Å². The molecule has 1 rings (SSSR count). The highest BCUT2D eigenvalue weighted by Gasteiger charge is 2.12. The number of hydrogen-bond acceptors (Lipinski definition) is 2. The van der Waals surface area contributed by atoms with Crippen LogP contribution in [0.25, 0.3) is 0 Å². The van der Waals surface area contributed by atoms with Gasteiger partial charge in [-0.2, -0.15) is 0 Å². The van der Waals surface area contributed by atoms with E-state index in [1.807, 2.05) is 19.2 Å².